The third-order valence-electron chi connectivity index (χ3n) is 3.82. The molecule has 1 aliphatic rings. The third-order valence-corrected chi connectivity index (χ3v) is 4.96. The summed E-state index contributed by atoms with van der Waals surface area (Å²) in [6.07, 6.45) is 5.64. The molecular formula is C15H25NS. The topological polar surface area (TPSA) is 12.0 Å². The Balaban J connectivity index is 2.01. The summed E-state index contributed by atoms with van der Waals surface area (Å²) in [6, 6.07) is 5.25. The number of rotatable bonds is 4. The van der Waals surface area contributed by atoms with Gasteiger partial charge in [-0.05, 0) is 50.3 Å². The van der Waals surface area contributed by atoms with Crippen LogP contribution in [-0.2, 0) is 0 Å². The molecule has 17 heavy (non-hydrogen) atoms. The van der Waals surface area contributed by atoms with Crippen LogP contribution in [0.1, 0.15) is 55.2 Å². The quantitative estimate of drug-likeness (QED) is 0.840. The van der Waals surface area contributed by atoms with E-state index in [-0.39, 0.29) is 0 Å². The van der Waals surface area contributed by atoms with Gasteiger partial charge in [0, 0.05) is 15.8 Å². The van der Waals surface area contributed by atoms with E-state index in [1.54, 1.807) is 4.88 Å². The fraction of sp³-hybridized carbons (Fsp3) is 0.733. The van der Waals surface area contributed by atoms with Gasteiger partial charge in [0.15, 0.2) is 0 Å². The Bertz CT molecular complexity index is 342. The summed E-state index contributed by atoms with van der Waals surface area (Å²) in [4.78, 5) is 3.08. The van der Waals surface area contributed by atoms with Gasteiger partial charge in [-0.1, -0.05) is 26.7 Å². The first-order chi connectivity index (χ1) is 8.16. The molecular weight excluding hydrogens is 226 g/mol. The first-order valence-corrected chi connectivity index (χ1v) is 7.78. The molecule has 96 valence electrons. The molecule has 1 aromatic rings. The van der Waals surface area contributed by atoms with Gasteiger partial charge in [-0.15, -0.1) is 11.3 Å². The average molecular weight is 251 g/mol. The van der Waals surface area contributed by atoms with Gasteiger partial charge in [-0.2, -0.15) is 0 Å². The van der Waals surface area contributed by atoms with Crippen LogP contribution < -0.4 is 5.32 Å². The lowest BCUT2D eigenvalue weighted by atomic mass is 9.78. The van der Waals surface area contributed by atoms with Gasteiger partial charge in [0.25, 0.3) is 0 Å². The minimum absolute atomic E-state index is 0.614. The molecule has 0 saturated heterocycles. The van der Waals surface area contributed by atoms with Gasteiger partial charge in [-0.25, -0.2) is 0 Å². The molecule has 0 spiro atoms. The van der Waals surface area contributed by atoms with Crippen molar-refractivity contribution in [1.29, 1.82) is 0 Å². The van der Waals surface area contributed by atoms with Crippen molar-refractivity contribution in [1.82, 2.24) is 5.32 Å². The molecule has 1 fully saturated rings. The van der Waals surface area contributed by atoms with Crippen molar-refractivity contribution in [3.05, 3.63) is 21.9 Å². The Kier molecular flexibility index (Phi) is 4.63. The monoisotopic (exact) mass is 251 g/mol. The van der Waals surface area contributed by atoms with E-state index >= 15 is 0 Å². The Morgan fingerprint density at radius 3 is 2.71 bits per heavy atom. The fourth-order valence-electron chi connectivity index (χ4n) is 2.87. The first-order valence-electron chi connectivity index (χ1n) is 6.96. The lowest BCUT2D eigenvalue weighted by Gasteiger charge is -2.31. The van der Waals surface area contributed by atoms with Crippen LogP contribution in [0, 0.1) is 12.8 Å². The summed E-state index contributed by atoms with van der Waals surface area (Å²) in [6.45, 7) is 7.90. The largest absolute Gasteiger partial charge is 0.314 e. The van der Waals surface area contributed by atoms with Gasteiger partial charge < -0.3 is 5.32 Å². The summed E-state index contributed by atoms with van der Waals surface area (Å²) < 4.78 is 0. The average Bonchev–Trinajstić information content (AvgIpc) is 2.73. The highest BCUT2D eigenvalue weighted by atomic mass is 32.1. The zero-order chi connectivity index (χ0) is 12.3. The van der Waals surface area contributed by atoms with Gasteiger partial charge >= 0.3 is 0 Å². The summed E-state index contributed by atoms with van der Waals surface area (Å²) in [5.41, 5.74) is 0. The number of hydrogen-bond acceptors (Lipinski definition) is 2. The second-order valence-corrected chi connectivity index (χ2v) is 6.98. The number of hydrogen-bond donors (Lipinski definition) is 1. The Hall–Kier alpha value is -0.340. The van der Waals surface area contributed by atoms with E-state index in [9.17, 15) is 0 Å². The number of thiophene rings is 1. The molecule has 1 nitrogen and oxygen atoms in total. The van der Waals surface area contributed by atoms with Crippen LogP contribution in [0.15, 0.2) is 12.1 Å². The van der Waals surface area contributed by atoms with Crippen molar-refractivity contribution >= 4 is 11.3 Å². The predicted octanol–water partition coefficient (Wildman–Crippen LogP) is 4.33. The van der Waals surface area contributed by atoms with E-state index < -0.39 is 0 Å². The van der Waals surface area contributed by atoms with E-state index in [2.05, 4.69) is 38.2 Å². The van der Waals surface area contributed by atoms with E-state index in [4.69, 9.17) is 0 Å². The standard InChI is InChI=1S/C15H25NS/c1-11(2)16-10-13-6-4-5-7-14(13)15-9-8-12(3)17-15/h8-9,11,13-14,16H,4-7,10H2,1-3H3. The maximum absolute atomic E-state index is 3.63. The van der Waals surface area contributed by atoms with E-state index in [0.717, 1.165) is 11.8 Å². The molecule has 1 aromatic heterocycles. The highest BCUT2D eigenvalue weighted by molar-refractivity contribution is 7.12. The van der Waals surface area contributed by atoms with Gasteiger partial charge in [0.2, 0.25) is 0 Å². The molecule has 0 bridgehead atoms. The summed E-state index contributed by atoms with van der Waals surface area (Å²) in [5, 5.41) is 3.63. The summed E-state index contributed by atoms with van der Waals surface area (Å²) in [5.74, 6) is 1.66. The van der Waals surface area contributed by atoms with Crippen molar-refractivity contribution < 1.29 is 0 Å². The van der Waals surface area contributed by atoms with E-state index in [1.807, 2.05) is 11.3 Å². The Labute approximate surface area is 110 Å². The van der Waals surface area contributed by atoms with Crippen LogP contribution in [0.2, 0.25) is 0 Å². The second-order valence-electron chi connectivity index (χ2n) is 5.66. The Morgan fingerprint density at radius 2 is 2.06 bits per heavy atom. The van der Waals surface area contributed by atoms with Crippen LogP contribution in [-0.4, -0.2) is 12.6 Å². The molecule has 1 heterocycles. The Morgan fingerprint density at radius 1 is 1.29 bits per heavy atom. The lowest BCUT2D eigenvalue weighted by Crippen LogP contribution is -2.33. The van der Waals surface area contributed by atoms with Crippen LogP contribution in [0.4, 0.5) is 0 Å². The van der Waals surface area contributed by atoms with Crippen molar-refractivity contribution in [3.63, 3.8) is 0 Å². The van der Waals surface area contributed by atoms with Crippen LogP contribution >= 0.6 is 11.3 Å². The van der Waals surface area contributed by atoms with Gasteiger partial charge in [0.1, 0.15) is 0 Å². The van der Waals surface area contributed by atoms with Crippen molar-refractivity contribution in [2.24, 2.45) is 5.92 Å². The van der Waals surface area contributed by atoms with E-state index in [0.29, 0.717) is 6.04 Å². The zero-order valence-electron chi connectivity index (χ0n) is 11.3. The molecule has 0 radical (unpaired) electrons. The normalized spacial score (nSPS) is 25.4. The molecule has 0 aromatic carbocycles. The number of nitrogens with one attached hydrogen (secondary N) is 1. The molecule has 0 aliphatic heterocycles. The maximum Gasteiger partial charge on any atom is 0.00822 e. The molecule has 2 unspecified atom stereocenters. The van der Waals surface area contributed by atoms with Crippen LogP contribution in [0.25, 0.3) is 0 Å². The maximum atomic E-state index is 3.63. The smallest absolute Gasteiger partial charge is 0.00822 e. The minimum Gasteiger partial charge on any atom is -0.314 e. The second kappa shape index (κ2) is 6.01. The molecule has 2 rings (SSSR count). The van der Waals surface area contributed by atoms with Crippen LogP contribution in [0.3, 0.4) is 0 Å². The summed E-state index contributed by atoms with van der Waals surface area (Å²) in [7, 11) is 0. The van der Waals surface area contributed by atoms with Crippen LogP contribution in [0.5, 0.6) is 0 Å². The van der Waals surface area contributed by atoms with Gasteiger partial charge in [-0.3, -0.25) is 0 Å². The molecule has 2 atom stereocenters. The molecule has 2 heteroatoms. The molecule has 1 aliphatic carbocycles. The van der Waals surface area contributed by atoms with E-state index in [1.165, 1.54) is 37.1 Å². The SMILES string of the molecule is Cc1ccc(C2CCCCC2CNC(C)C)s1. The highest BCUT2D eigenvalue weighted by Gasteiger charge is 2.27. The molecule has 1 saturated carbocycles. The first kappa shape index (κ1) is 13.1. The molecule has 0 amide bonds. The van der Waals surface area contributed by atoms with Crippen molar-refractivity contribution in [3.8, 4) is 0 Å². The highest BCUT2D eigenvalue weighted by Crippen LogP contribution is 2.40. The summed E-state index contributed by atoms with van der Waals surface area (Å²) >= 11 is 2.00. The fourth-order valence-corrected chi connectivity index (χ4v) is 3.97. The predicted molar refractivity (Wildman–Crippen MR) is 76.9 cm³/mol. The van der Waals surface area contributed by atoms with Crippen molar-refractivity contribution in [2.45, 2.75) is 58.4 Å². The third kappa shape index (κ3) is 3.56. The zero-order valence-corrected chi connectivity index (χ0v) is 12.1. The molecule has 1 N–H and O–H groups in total. The van der Waals surface area contributed by atoms with Gasteiger partial charge in [0.05, 0.1) is 0 Å². The number of aryl methyl sites for hydroxylation is 1. The van der Waals surface area contributed by atoms with Crippen molar-refractivity contribution in [2.75, 3.05) is 6.54 Å². The lowest BCUT2D eigenvalue weighted by molar-refractivity contribution is 0.292. The minimum atomic E-state index is 0.614.